The van der Waals surface area contributed by atoms with Crippen LogP contribution in [0.15, 0.2) is 24.3 Å². The highest BCUT2D eigenvalue weighted by Crippen LogP contribution is 2.41. The Bertz CT molecular complexity index is 1090. The van der Waals surface area contributed by atoms with E-state index < -0.39 is 5.60 Å². The van der Waals surface area contributed by atoms with Crippen molar-refractivity contribution in [2.45, 2.75) is 90.1 Å². The Balaban J connectivity index is 1.30. The number of anilines is 2. The first-order valence-electron chi connectivity index (χ1n) is 13.2. The molecule has 0 saturated heterocycles. The van der Waals surface area contributed by atoms with E-state index >= 15 is 0 Å². The summed E-state index contributed by atoms with van der Waals surface area (Å²) in [6.45, 7) is 8.89. The molecule has 2 amide bonds. The Morgan fingerprint density at radius 1 is 0.944 bits per heavy atom. The Kier molecular flexibility index (Phi) is 8.11. The summed E-state index contributed by atoms with van der Waals surface area (Å²) in [7, 11) is 0. The lowest BCUT2D eigenvalue weighted by atomic mass is 10.1. The van der Waals surface area contributed by atoms with Crippen LogP contribution in [0.1, 0.15) is 105 Å². The quantitative estimate of drug-likeness (QED) is 0.337. The molecule has 2 fully saturated rings. The molecule has 0 bridgehead atoms. The number of carbonyl (C=O) groups is 2. The second kappa shape index (κ2) is 11.3. The van der Waals surface area contributed by atoms with Gasteiger partial charge in [0, 0.05) is 36.3 Å². The number of carbonyl (C=O) groups excluding carboxylic acids is 2. The van der Waals surface area contributed by atoms with Crippen molar-refractivity contribution in [3.63, 3.8) is 0 Å². The van der Waals surface area contributed by atoms with E-state index in [0.717, 1.165) is 43.5 Å². The Morgan fingerprint density at radius 2 is 1.67 bits per heavy atom. The van der Waals surface area contributed by atoms with Gasteiger partial charge >= 0.3 is 6.09 Å². The lowest BCUT2D eigenvalue weighted by Gasteiger charge is -2.19. The Morgan fingerprint density at radius 3 is 2.36 bits per heavy atom. The van der Waals surface area contributed by atoms with Gasteiger partial charge in [0.15, 0.2) is 0 Å². The standard InChI is InChI=1S/C28H39N5O3/c1-18-8-15-23(32-24(18)20-11-12-20)33-26(34)21-13-14-22(19-9-10-19)31-25(21)29-16-6-5-7-17-30-27(35)36-28(2,3)4/h8,13-15,19-20H,5-7,9-12,16-17H2,1-4H3,(H,29,31)(H,30,35)(H,32,33,34). The van der Waals surface area contributed by atoms with E-state index in [1.807, 2.05) is 45.0 Å². The zero-order valence-electron chi connectivity index (χ0n) is 21.9. The van der Waals surface area contributed by atoms with Crippen LogP contribution in [-0.4, -0.2) is 40.7 Å². The van der Waals surface area contributed by atoms with Gasteiger partial charge in [-0.1, -0.05) is 6.07 Å². The fourth-order valence-electron chi connectivity index (χ4n) is 4.10. The smallest absolute Gasteiger partial charge is 0.407 e. The average molecular weight is 494 g/mol. The monoisotopic (exact) mass is 493 g/mol. The zero-order valence-corrected chi connectivity index (χ0v) is 21.9. The van der Waals surface area contributed by atoms with Gasteiger partial charge < -0.3 is 20.7 Å². The number of alkyl carbamates (subject to hydrolysis) is 1. The fourth-order valence-corrected chi connectivity index (χ4v) is 4.10. The number of pyridine rings is 2. The molecule has 0 atom stereocenters. The molecule has 2 aromatic heterocycles. The first-order chi connectivity index (χ1) is 17.2. The van der Waals surface area contributed by atoms with Gasteiger partial charge in [-0.25, -0.2) is 14.8 Å². The van der Waals surface area contributed by atoms with Crippen LogP contribution < -0.4 is 16.0 Å². The SMILES string of the molecule is Cc1ccc(NC(=O)c2ccc(C3CC3)nc2NCCCCCNC(=O)OC(C)(C)C)nc1C1CC1. The van der Waals surface area contributed by atoms with Crippen LogP contribution in [-0.2, 0) is 4.74 Å². The number of rotatable bonds is 11. The third kappa shape index (κ3) is 7.67. The van der Waals surface area contributed by atoms with Gasteiger partial charge in [0.1, 0.15) is 17.2 Å². The van der Waals surface area contributed by atoms with Crippen LogP contribution in [0.3, 0.4) is 0 Å². The first kappa shape index (κ1) is 25.9. The van der Waals surface area contributed by atoms with Crippen molar-refractivity contribution in [3.8, 4) is 0 Å². The lowest BCUT2D eigenvalue weighted by molar-refractivity contribution is 0.0527. The molecule has 8 heteroatoms. The lowest BCUT2D eigenvalue weighted by Crippen LogP contribution is -2.33. The Hall–Kier alpha value is -3.16. The maximum atomic E-state index is 13.2. The molecule has 0 aromatic carbocycles. The third-order valence-corrected chi connectivity index (χ3v) is 6.31. The summed E-state index contributed by atoms with van der Waals surface area (Å²) in [6.07, 6.45) is 6.95. The highest BCUT2D eigenvalue weighted by molar-refractivity contribution is 6.07. The number of aromatic nitrogens is 2. The number of ether oxygens (including phenoxy) is 1. The van der Waals surface area contributed by atoms with E-state index in [2.05, 4.69) is 22.9 Å². The van der Waals surface area contributed by atoms with Gasteiger partial charge in [0.25, 0.3) is 5.91 Å². The molecular formula is C28H39N5O3. The maximum absolute atomic E-state index is 13.2. The molecule has 4 rings (SSSR count). The normalized spacial score (nSPS) is 15.3. The van der Waals surface area contributed by atoms with E-state index in [-0.39, 0.29) is 12.0 Å². The molecule has 2 heterocycles. The summed E-state index contributed by atoms with van der Waals surface area (Å²) in [5.41, 5.74) is 3.35. The predicted molar refractivity (Wildman–Crippen MR) is 142 cm³/mol. The summed E-state index contributed by atoms with van der Waals surface area (Å²) in [5.74, 6) is 2.03. The van der Waals surface area contributed by atoms with Gasteiger partial charge in [-0.05, 0) is 96.4 Å². The first-order valence-corrected chi connectivity index (χ1v) is 13.2. The zero-order chi connectivity index (χ0) is 25.7. The van der Waals surface area contributed by atoms with Crippen LogP contribution in [0.5, 0.6) is 0 Å². The molecule has 0 unspecified atom stereocenters. The van der Waals surface area contributed by atoms with Crippen LogP contribution in [0.4, 0.5) is 16.4 Å². The topological polar surface area (TPSA) is 105 Å². The summed E-state index contributed by atoms with van der Waals surface area (Å²) >= 11 is 0. The van der Waals surface area contributed by atoms with Crippen molar-refractivity contribution in [3.05, 3.63) is 46.8 Å². The van der Waals surface area contributed by atoms with Crippen molar-refractivity contribution in [1.29, 1.82) is 0 Å². The van der Waals surface area contributed by atoms with Crippen molar-refractivity contribution in [1.82, 2.24) is 15.3 Å². The molecule has 194 valence electrons. The molecule has 2 aromatic rings. The third-order valence-electron chi connectivity index (χ3n) is 6.31. The molecule has 0 aliphatic heterocycles. The minimum Gasteiger partial charge on any atom is -0.444 e. The summed E-state index contributed by atoms with van der Waals surface area (Å²) in [5, 5.41) is 9.14. The largest absolute Gasteiger partial charge is 0.444 e. The molecular weight excluding hydrogens is 454 g/mol. The number of amides is 2. The van der Waals surface area contributed by atoms with Gasteiger partial charge in [-0.2, -0.15) is 0 Å². The van der Waals surface area contributed by atoms with E-state index in [0.29, 0.717) is 42.1 Å². The minimum absolute atomic E-state index is 0.202. The maximum Gasteiger partial charge on any atom is 0.407 e. The van der Waals surface area contributed by atoms with Gasteiger partial charge in [-0.15, -0.1) is 0 Å². The fraction of sp³-hybridized carbons (Fsp3) is 0.571. The number of hydrogen-bond donors (Lipinski definition) is 3. The van der Waals surface area contributed by atoms with Crippen LogP contribution in [0.2, 0.25) is 0 Å². The second-order valence-corrected chi connectivity index (χ2v) is 10.9. The van der Waals surface area contributed by atoms with E-state index in [4.69, 9.17) is 14.7 Å². The molecule has 0 spiro atoms. The van der Waals surface area contributed by atoms with Crippen LogP contribution in [0, 0.1) is 6.92 Å². The minimum atomic E-state index is -0.491. The molecule has 8 nitrogen and oxygen atoms in total. The van der Waals surface area contributed by atoms with Crippen LogP contribution >= 0.6 is 0 Å². The number of nitrogens with one attached hydrogen (secondary N) is 3. The summed E-state index contributed by atoms with van der Waals surface area (Å²) in [6, 6.07) is 7.74. The highest BCUT2D eigenvalue weighted by Gasteiger charge is 2.28. The Labute approximate surface area is 214 Å². The van der Waals surface area contributed by atoms with Crippen LogP contribution in [0.25, 0.3) is 0 Å². The highest BCUT2D eigenvalue weighted by atomic mass is 16.6. The molecule has 2 aliphatic rings. The molecule has 2 aliphatic carbocycles. The average Bonchev–Trinajstić information content (AvgIpc) is 3.71. The van der Waals surface area contributed by atoms with Crippen molar-refractivity contribution in [2.75, 3.05) is 23.7 Å². The number of unbranched alkanes of at least 4 members (excludes halogenated alkanes) is 2. The molecule has 36 heavy (non-hydrogen) atoms. The van der Waals surface area contributed by atoms with E-state index in [1.54, 1.807) is 0 Å². The number of aryl methyl sites for hydroxylation is 1. The second-order valence-electron chi connectivity index (χ2n) is 10.9. The molecule has 3 N–H and O–H groups in total. The summed E-state index contributed by atoms with van der Waals surface area (Å²) < 4.78 is 5.25. The molecule has 0 radical (unpaired) electrons. The van der Waals surface area contributed by atoms with Crippen molar-refractivity contribution < 1.29 is 14.3 Å². The van der Waals surface area contributed by atoms with Crippen molar-refractivity contribution >= 4 is 23.6 Å². The van der Waals surface area contributed by atoms with Gasteiger partial charge in [0.2, 0.25) is 0 Å². The van der Waals surface area contributed by atoms with Crippen molar-refractivity contribution in [2.24, 2.45) is 0 Å². The summed E-state index contributed by atoms with van der Waals surface area (Å²) in [4.78, 5) is 34.4. The van der Waals surface area contributed by atoms with Gasteiger partial charge in [0.05, 0.1) is 5.56 Å². The number of nitrogens with zero attached hydrogens (tertiary/aromatic N) is 2. The molecule has 2 saturated carbocycles. The predicted octanol–water partition coefficient (Wildman–Crippen LogP) is 5.90. The number of hydrogen-bond acceptors (Lipinski definition) is 6. The van der Waals surface area contributed by atoms with E-state index in [9.17, 15) is 9.59 Å². The van der Waals surface area contributed by atoms with Gasteiger partial charge in [-0.3, -0.25) is 4.79 Å². The van der Waals surface area contributed by atoms with E-state index in [1.165, 1.54) is 18.4 Å².